The predicted molar refractivity (Wildman–Crippen MR) is 75.7 cm³/mol. The van der Waals surface area contributed by atoms with Crippen LogP contribution in [0.3, 0.4) is 0 Å². The molecule has 4 nitrogen and oxygen atoms in total. The van der Waals surface area contributed by atoms with Gasteiger partial charge >= 0.3 is 6.18 Å². The molecule has 8 heteroatoms. The Morgan fingerprint density at radius 2 is 2.09 bits per heavy atom. The third kappa shape index (κ3) is 3.63. The molecule has 122 valence electrons. The average Bonchev–Trinajstić information content (AvgIpc) is 2.42. The van der Waals surface area contributed by atoms with Crippen molar-refractivity contribution in [1.29, 1.82) is 0 Å². The van der Waals surface area contributed by atoms with E-state index in [1.54, 1.807) is 4.90 Å². The first kappa shape index (κ1) is 16.9. The highest BCUT2D eigenvalue weighted by Gasteiger charge is 2.32. The van der Waals surface area contributed by atoms with Crippen LogP contribution in [0.2, 0.25) is 5.02 Å². The molecular weight excluding hydrogens is 321 g/mol. The van der Waals surface area contributed by atoms with Gasteiger partial charge in [-0.15, -0.1) is 0 Å². The average molecular weight is 337 g/mol. The lowest BCUT2D eigenvalue weighted by Crippen LogP contribution is -2.44. The zero-order chi connectivity index (χ0) is 16.5. The minimum Gasteiger partial charge on any atom is -0.338 e. The number of carbonyl (C=O) groups excluding carboxylic acids is 1. The van der Waals surface area contributed by atoms with Crippen molar-refractivity contribution in [1.82, 2.24) is 9.47 Å². The van der Waals surface area contributed by atoms with Gasteiger partial charge in [0.2, 0.25) is 5.91 Å². The fraction of sp³-hybridized carbons (Fsp3) is 0.571. The molecule has 0 aliphatic carbocycles. The SMILES string of the molecule is C[C@@H]1CCCCN1C(=O)Cn1cc(C(F)(F)F)cc(Cl)c1=O. The predicted octanol–water partition coefficient (Wildman–Crippen LogP) is 2.92. The second-order valence-corrected chi connectivity index (χ2v) is 5.85. The van der Waals surface area contributed by atoms with Gasteiger partial charge in [-0.1, -0.05) is 11.6 Å². The molecule has 2 rings (SSSR count). The first-order valence-electron chi connectivity index (χ1n) is 6.97. The van der Waals surface area contributed by atoms with E-state index in [0.717, 1.165) is 23.8 Å². The molecule has 0 saturated carbocycles. The van der Waals surface area contributed by atoms with Crippen molar-refractivity contribution in [2.75, 3.05) is 6.54 Å². The fourth-order valence-corrected chi connectivity index (χ4v) is 2.80. The molecule has 0 spiro atoms. The Labute approximate surface area is 130 Å². The summed E-state index contributed by atoms with van der Waals surface area (Å²) >= 11 is 5.56. The van der Waals surface area contributed by atoms with Gasteiger partial charge in [-0.25, -0.2) is 0 Å². The standard InChI is InChI=1S/C14H16ClF3N2O2/c1-9-4-2-3-5-20(9)12(21)8-19-7-10(14(16,17)18)6-11(15)13(19)22/h6-7,9H,2-5,8H2,1H3/t9-/m1/s1. The fourth-order valence-electron chi connectivity index (χ4n) is 2.58. The summed E-state index contributed by atoms with van der Waals surface area (Å²) in [5.41, 5.74) is -1.84. The van der Waals surface area contributed by atoms with E-state index in [2.05, 4.69) is 0 Å². The van der Waals surface area contributed by atoms with Gasteiger partial charge in [-0.3, -0.25) is 9.59 Å². The summed E-state index contributed by atoms with van der Waals surface area (Å²) in [6.45, 7) is 2.01. The topological polar surface area (TPSA) is 42.3 Å². The van der Waals surface area contributed by atoms with E-state index in [-0.39, 0.29) is 11.9 Å². The van der Waals surface area contributed by atoms with Crippen LogP contribution in [0.25, 0.3) is 0 Å². The van der Waals surface area contributed by atoms with E-state index in [9.17, 15) is 22.8 Å². The first-order valence-corrected chi connectivity index (χ1v) is 7.34. The molecule has 1 aromatic heterocycles. The van der Waals surface area contributed by atoms with Gasteiger partial charge in [0.05, 0.1) is 5.56 Å². The van der Waals surface area contributed by atoms with Crippen molar-refractivity contribution in [3.63, 3.8) is 0 Å². The second-order valence-electron chi connectivity index (χ2n) is 5.44. The number of hydrogen-bond donors (Lipinski definition) is 0. The Balaban J connectivity index is 2.27. The van der Waals surface area contributed by atoms with Crippen LogP contribution >= 0.6 is 11.6 Å². The van der Waals surface area contributed by atoms with Crippen molar-refractivity contribution in [2.24, 2.45) is 0 Å². The number of carbonyl (C=O) groups is 1. The maximum absolute atomic E-state index is 12.8. The number of hydrogen-bond acceptors (Lipinski definition) is 2. The molecule has 1 fully saturated rings. The van der Waals surface area contributed by atoms with Crippen molar-refractivity contribution in [3.05, 3.63) is 33.2 Å². The monoisotopic (exact) mass is 336 g/mol. The molecular formula is C14H16ClF3N2O2. The zero-order valence-corrected chi connectivity index (χ0v) is 12.7. The summed E-state index contributed by atoms with van der Waals surface area (Å²) in [5, 5.41) is -0.547. The highest BCUT2D eigenvalue weighted by Crippen LogP contribution is 2.29. The van der Waals surface area contributed by atoms with E-state index in [4.69, 9.17) is 11.6 Å². The Morgan fingerprint density at radius 1 is 1.41 bits per heavy atom. The van der Waals surface area contributed by atoms with Crippen LogP contribution in [0.1, 0.15) is 31.7 Å². The number of aromatic nitrogens is 1. The van der Waals surface area contributed by atoms with Crippen LogP contribution in [0.15, 0.2) is 17.1 Å². The molecule has 22 heavy (non-hydrogen) atoms. The molecule has 0 radical (unpaired) electrons. The summed E-state index contributed by atoms with van der Waals surface area (Å²) in [4.78, 5) is 25.7. The normalized spacial score (nSPS) is 19.3. The van der Waals surface area contributed by atoms with Crippen LogP contribution in [0.4, 0.5) is 13.2 Å². The van der Waals surface area contributed by atoms with Crippen LogP contribution in [-0.2, 0) is 17.5 Å². The Bertz CT molecular complexity index is 627. The van der Waals surface area contributed by atoms with Crippen LogP contribution in [0, 0.1) is 0 Å². The Kier molecular flexibility index (Phi) is 4.84. The van der Waals surface area contributed by atoms with Gasteiger partial charge in [-0.2, -0.15) is 13.2 Å². The second kappa shape index (κ2) is 6.32. The molecule has 1 aliphatic heterocycles. The summed E-state index contributed by atoms with van der Waals surface area (Å²) in [5.74, 6) is -0.371. The molecule has 1 saturated heterocycles. The van der Waals surface area contributed by atoms with Gasteiger partial charge in [0, 0.05) is 18.8 Å². The number of halogens is 4. The number of likely N-dealkylation sites (tertiary alicyclic amines) is 1. The van der Waals surface area contributed by atoms with Crippen molar-refractivity contribution >= 4 is 17.5 Å². The van der Waals surface area contributed by atoms with Gasteiger partial charge in [0.1, 0.15) is 11.6 Å². The van der Waals surface area contributed by atoms with Crippen LogP contribution < -0.4 is 5.56 Å². The van der Waals surface area contributed by atoms with Crippen LogP contribution in [0.5, 0.6) is 0 Å². The molecule has 1 atom stereocenters. The maximum atomic E-state index is 12.8. The summed E-state index contributed by atoms with van der Waals surface area (Å²) in [6, 6.07) is 0.604. The van der Waals surface area contributed by atoms with E-state index in [0.29, 0.717) is 18.8 Å². The molecule has 0 bridgehead atoms. The molecule has 0 N–H and O–H groups in total. The van der Waals surface area contributed by atoms with Crippen LogP contribution in [-0.4, -0.2) is 28.0 Å². The lowest BCUT2D eigenvalue weighted by Gasteiger charge is -2.33. The third-order valence-corrected chi connectivity index (χ3v) is 4.07. The van der Waals surface area contributed by atoms with E-state index in [1.165, 1.54) is 0 Å². The number of nitrogens with zero attached hydrogens (tertiary/aromatic N) is 2. The maximum Gasteiger partial charge on any atom is 0.417 e. The van der Waals surface area contributed by atoms with Gasteiger partial charge in [0.15, 0.2) is 0 Å². The first-order chi connectivity index (χ1) is 10.2. The van der Waals surface area contributed by atoms with Gasteiger partial charge in [-0.05, 0) is 32.3 Å². The number of rotatable bonds is 2. The Hall–Kier alpha value is -1.50. The van der Waals surface area contributed by atoms with E-state index < -0.39 is 28.9 Å². The molecule has 0 aromatic carbocycles. The van der Waals surface area contributed by atoms with E-state index in [1.807, 2.05) is 6.92 Å². The molecule has 2 heterocycles. The minimum atomic E-state index is -4.62. The molecule has 1 aliphatic rings. The van der Waals surface area contributed by atoms with E-state index >= 15 is 0 Å². The molecule has 1 aromatic rings. The largest absolute Gasteiger partial charge is 0.417 e. The zero-order valence-electron chi connectivity index (χ0n) is 12.0. The summed E-state index contributed by atoms with van der Waals surface area (Å²) in [6.07, 6.45) is -1.26. The smallest absolute Gasteiger partial charge is 0.338 e. The lowest BCUT2D eigenvalue weighted by atomic mass is 10.0. The Morgan fingerprint density at radius 3 is 2.68 bits per heavy atom. The highest BCUT2D eigenvalue weighted by atomic mass is 35.5. The number of amides is 1. The number of piperidine rings is 1. The summed E-state index contributed by atoms with van der Waals surface area (Å²) in [7, 11) is 0. The highest BCUT2D eigenvalue weighted by molar-refractivity contribution is 6.30. The summed E-state index contributed by atoms with van der Waals surface area (Å²) < 4.78 is 39.0. The van der Waals surface area contributed by atoms with Crippen molar-refractivity contribution in [3.8, 4) is 0 Å². The quantitative estimate of drug-likeness (QED) is 0.833. The van der Waals surface area contributed by atoms with Gasteiger partial charge < -0.3 is 9.47 Å². The minimum absolute atomic E-state index is 0.0261. The van der Waals surface area contributed by atoms with Crippen molar-refractivity contribution in [2.45, 2.75) is 44.9 Å². The third-order valence-electron chi connectivity index (χ3n) is 3.80. The lowest BCUT2D eigenvalue weighted by molar-refractivity contribution is -0.139. The van der Waals surface area contributed by atoms with Crippen molar-refractivity contribution < 1.29 is 18.0 Å². The molecule has 0 unspecified atom stereocenters. The molecule has 1 amide bonds. The van der Waals surface area contributed by atoms with Gasteiger partial charge in [0.25, 0.3) is 5.56 Å². The number of pyridine rings is 1. The number of alkyl halides is 3.